The standard InChI is InChI=1S/C15H13Cl2NO2S/c16-12-4-6-14(7-5-12)21(20)9-8-18-15(19)11-2-1-3-13(17)10-11/h1-7,10H,8-9H2,(H,18,19)/t21-/m1/s1. The summed E-state index contributed by atoms with van der Waals surface area (Å²) in [6.07, 6.45) is 0. The molecule has 0 spiro atoms. The molecule has 2 aromatic rings. The van der Waals surface area contributed by atoms with Crippen LogP contribution in [-0.4, -0.2) is 22.4 Å². The highest BCUT2D eigenvalue weighted by Crippen LogP contribution is 2.13. The fourth-order valence-electron chi connectivity index (χ4n) is 1.69. The second-order valence-electron chi connectivity index (χ2n) is 4.27. The molecule has 0 fully saturated rings. The van der Waals surface area contributed by atoms with Crippen molar-refractivity contribution in [1.82, 2.24) is 5.32 Å². The number of hydrogen-bond donors (Lipinski definition) is 1. The molecule has 0 aliphatic heterocycles. The van der Waals surface area contributed by atoms with Gasteiger partial charge in [0.15, 0.2) is 0 Å². The predicted octanol–water partition coefficient (Wildman–Crippen LogP) is 3.53. The Hall–Kier alpha value is -1.36. The molecule has 2 rings (SSSR count). The van der Waals surface area contributed by atoms with E-state index >= 15 is 0 Å². The van der Waals surface area contributed by atoms with E-state index in [-0.39, 0.29) is 5.91 Å². The highest BCUT2D eigenvalue weighted by molar-refractivity contribution is 7.85. The van der Waals surface area contributed by atoms with Crippen LogP contribution >= 0.6 is 23.2 Å². The van der Waals surface area contributed by atoms with Crippen LogP contribution in [0.5, 0.6) is 0 Å². The molecule has 3 nitrogen and oxygen atoms in total. The van der Waals surface area contributed by atoms with Crippen molar-refractivity contribution < 1.29 is 9.00 Å². The van der Waals surface area contributed by atoms with E-state index in [4.69, 9.17) is 23.2 Å². The fourth-order valence-corrected chi connectivity index (χ4v) is 2.97. The number of benzene rings is 2. The minimum atomic E-state index is -1.17. The summed E-state index contributed by atoms with van der Waals surface area (Å²) in [7, 11) is -1.17. The maximum absolute atomic E-state index is 12.0. The molecule has 21 heavy (non-hydrogen) atoms. The Morgan fingerprint density at radius 2 is 1.76 bits per heavy atom. The summed E-state index contributed by atoms with van der Waals surface area (Å²) in [5.74, 6) is 0.110. The van der Waals surface area contributed by atoms with Crippen molar-refractivity contribution in [3.05, 3.63) is 64.1 Å². The van der Waals surface area contributed by atoms with Crippen LogP contribution in [0.1, 0.15) is 10.4 Å². The molecular formula is C15H13Cl2NO2S. The normalized spacial score (nSPS) is 11.9. The number of carbonyl (C=O) groups is 1. The molecule has 1 N–H and O–H groups in total. The van der Waals surface area contributed by atoms with Crippen molar-refractivity contribution in [2.24, 2.45) is 0 Å². The van der Waals surface area contributed by atoms with Gasteiger partial charge < -0.3 is 5.32 Å². The molecule has 0 bridgehead atoms. The van der Waals surface area contributed by atoms with Gasteiger partial charge in [0.2, 0.25) is 0 Å². The van der Waals surface area contributed by atoms with Gasteiger partial charge in [-0.25, -0.2) is 0 Å². The van der Waals surface area contributed by atoms with E-state index in [0.717, 1.165) is 0 Å². The number of amides is 1. The quantitative estimate of drug-likeness (QED) is 0.904. The zero-order valence-electron chi connectivity index (χ0n) is 11.0. The first-order valence-corrected chi connectivity index (χ1v) is 8.31. The lowest BCUT2D eigenvalue weighted by atomic mass is 10.2. The van der Waals surface area contributed by atoms with Gasteiger partial charge in [0.1, 0.15) is 0 Å². The van der Waals surface area contributed by atoms with Gasteiger partial charge in [-0.15, -0.1) is 0 Å². The molecule has 110 valence electrons. The van der Waals surface area contributed by atoms with Crippen molar-refractivity contribution in [2.75, 3.05) is 12.3 Å². The monoisotopic (exact) mass is 341 g/mol. The molecule has 0 unspecified atom stereocenters. The maximum Gasteiger partial charge on any atom is 0.251 e. The lowest BCUT2D eigenvalue weighted by molar-refractivity contribution is 0.0956. The minimum Gasteiger partial charge on any atom is -0.351 e. The summed E-state index contributed by atoms with van der Waals surface area (Å²) in [6, 6.07) is 13.5. The fraction of sp³-hybridized carbons (Fsp3) is 0.133. The Bertz CT molecular complexity index is 659. The summed E-state index contributed by atoms with van der Waals surface area (Å²) >= 11 is 11.6. The molecule has 0 aromatic heterocycles. The largest absolute Gasteiger partial charge is 0.351 e. The first-order chi connectivity index (χ1) is 10.1. The lowest BCUT2D eigenvalue weighted by Gasteiger charge is -2.06. The van der Waals surface area contributed by atoms with Gasteiger partial charge in [0.05, 0.1) is 10.8 Å². The van der Waals surface area contributed by atoms with Gasteiger partial charge in [-0.3, -0.25) is 9.00 Å². The van der Waals surface area contributed by atoms with Gasteiger partial charge in [-0.05, 0) is 42.5 Å². The number of carbonyl (C=O) groups excluding carboxylic acids is 1. The van der Waals surface area contributed by atoms with Gasteiger partial charge in [-0.1, -0.05) is 29.3 Å². The number of halogens is 2. The first kappa shape index (κ1) is 16.0. The second-order valence-corrected chi connectivity index (χ2v) is 6.71. The average Bonchev–Trinajstić information content (AvgIpc) is 2.47. The molecule has 1 atom stereocenters. The Morgan fingerprint density at radius 1 is 1.05 bits per heavy atom. The molecule has 0 heterocycles. The smallest absolute Gasteiger partial charge is 0.251 e. The van der Waals surface area contributed by atoms with Gasteiger partial charge in [-0.2, -0.15) is 0 Å². The molecule has 6 heteroatoms. The van der Waals surface area contributed by atoms with E-state index in [9.17, 15) is 9.00 Å². The van der Waals surface area contributed by atoms with E-state index in [1.54, 1.807) is 48.5 Å². The van der Waals surface area contributed by atoms with Crippen LogP contribution in [0.25, 0.3) is 0 Å². The number of rotatable bonds is 5. The Balaban J connectivity index is 1.85. The highest BCUT2D eigenvalue weighted by Gasteiger charge is 2.07. The second kappa shape index (κ2) is 7.59. The Labute approximate surface area is 135 Å². The summed E-state index contributed by atoms with van der Waals surface area (Å²) in [4.78, 5) is 12.6. The van der Waals surface area contributed by atoms with Crippen LogP contribution in [0.4, 0.5) is 0 Å². The van der Waals surface area contributed by atoms with Crippen molar-refractivity contribution >= 4 is 39.9 Å². The van der Waals surface area contributed by atoms with Gasteiger partial charge in [0.25, 0.3) is 5.91 Å². The lowest BCUT2D eigenvalue weighted by Crippen LogP contribution is -2.27. The molecule has 0 radical (unpaired) electrons. The van der Waals surface area contributed by atoms with Crippen molar-refractivity contribution in [2.45, 2.75) is 4.90 Å². The van der Waals surface area contributed by atoms with Crippen molar-refractivity contribution in [3.63, 3.8) is 0 Å². The Kier molecular flexibility index (Phi) is 5.79. The zero-order chi connectivity index (χ0) is 15.2. The molecule has 2 aromatic carbocycles. The number of nitrogens with one attached hydrogen (secondary N) is 1. The third-order valence-corrected chi connectivity index (χ3v) is 4.60. The number of hydrogen-bond acceptors (Lipinski definition) is 2. The van der Waals surface area contributed by atoms with Crippen LogP contribution < -0.4 is 5.32 Å². The third kappa shape index (κ3) is 4.84. The average molecular weight is 342 g/mol. The van der Waals surface area contributed by atoms with E-state index < -0.39 is 10.8 Å². The summed E-state index contributed by atoms with van der Waals surface area (Å²) < 4.78 is 12.0. The molecule has 1 amide bonds. The predicted molar refractivity (Wildman–Crippen MR) is 86.5 cm³/mol. The van der Waals surface area contributed by atoms with E-state index in [2.05, 4.69) is 5.32 Å². The highest BCUT2D eigenvalue weighted by atomic mass is 35.5. The van der Waals surface area contributed by atoms with Crippen LogP contribution in [0.15, 0.2) is 53.4 Å². The van der Waals surface area contributed by atoms with E-state index in [0.29, 0.717) is 32.8 Å². The molecule has 0 aliphatic rings. The van der Waals surface area contributed by atoms with E-state index in [1.807, 2.05) is 0 Å². The molecular weight excluding hydrogens is 329 g/mol. The molecule has 0 saturated heterocycles. The van der Waals surface area contributed by atoms with Crippen LogP contribution in [0.2, 0.25) is 10.0 Å². The SMILES string of the molecule is O=C(NCC[S@@](=O)c1ccc(Cl)cc1)c1cccc(Cl)c1. The molecule has 0 aliphatic carbocycles. The third-order valence-electron chi connectivity index (χ3n) is 2.74. The van der Waals surface area contributed by atoms with Crippen molar-refractivity contribution in [3.8, 4) is 0 Å². The van der Waals surface area contributed by atoms with Gasteiger partial charge in [0, 0.05) is 32.8 Å². The van der Waals surface area contributed by atoms with Crippen molar-refractivity contribution in [1.29, 1.82) is 0 Å². The summed E-state index contributed by atoms with van der Waals surface area (Å²) in [5.41, 5.74) is 0.486. The zero-order valence-corrected chi connectivity index (χ0v) is 13.3. The maximum atomic E-state index is 12.0. The van der Waals surface area contributed by atoms with Crippen LogP contribution in [-0.2, 0) is 10.8 Å². The Morgan fingerprint density at radius 3 is 2.43 bits per heavy atom. The van der Waals surface area contributed by atoms with E-state index in [1.165, 1.54) is 0 Å². The van der Waals surface area contributed by atoms with Gasteiger partial charge >= 0.3 is 0 Å². The van der Waals surface area contributed by atoms with Crippen LogP contribution in [0.3, 0.4) is 0 Å². The topological polar surface area (TPSA) is 46.2 Å². The van der Waals surface area contributed by atoms with Crippen LogP contribution in [0, 0.1) is 0 Å². The first-order valence-electron chi connectivity index (χ1n) is 6.24. The summed E-state index contributed by atoms with van der Waals surface area (Å²) in [5, 5.41) is 3.83. The summed E-state index contributed by atoms with van der Waals surface area (Å²) in [6.45, 7) is 0.320. The molecule has 0 saturated carbocycles. The minimum absolute atomic E-state index is 0.231.